The minimum Gasteiger partial charge on any atom is -0.489 e. The fourth-order valence-electron chi connectivity index (χ4n) is 3.09. The van der Waals surface area contributed by atoms with E-state index in [1.807, 2.05) is 0 Å². The maximum atomic E-state index is 6.30. The summed E-state index contributed by atoms with van der Waals surface area (Å²) in [4.78, 5) is 0. The van der Waals surface area contributed by atoms with Crippen molar-refractivity contribution in [1.82, 2.24) is 0 Å². The largest absolute Gasteiger partial charge is 0.489 e. The molecule has 112 valence electrons. The lowest BCUT2D eigenvalue weighted by atomic mass is 9.70. The lowest BCUT2D eigenvalue weighted by Gasteiger charge is -2.40. The third kappa shape index (κ3) is 3.35. The normalized spacial score (nSPS) is 27.4. The molecule has 2 nitrogen and oxygen atoms in total. The van der Waals surface area contributed by atoms with Crippen molar-refractivity contribution >= 4 is 0 Å². The van der Waals surface area contributed by atoms with Gasteiger partial charge in [0, 0.05) is 6.04 Å². The summed E-state index contributed by atoms with van der Waals surface area (Å²) in [6.07, 6.45) is 3.50. The molecule has 3 unspecified atom stereocenters. The maximum absolute atomic E-state index is 6.30. The number of rotatable bonds is 2. The van der Waals surface area contributed by atoms with Gasteiger partial charge in [-0.05, 0) is 61.6 Å². The van der Waals surface area contributed by atoms with Gasteiger partial charge in [0.15, 0.2) is 0 Å². The van der Waals surface area contributed by atoms with E-state index in [-0.39, 0.29) is 12.1 Å². The Morgan fingerprint density at radius 1 is 1.15 bits per heavy atom. The summed E-state index contributed by atoms with van der Waals surface area (Å²) in [5, 5.41) is 0. The zero-order chi connectivity index (χ0) is 14.9. The van der Waals surface area contributed by atoms with Crippen LogP contribution in [-0.2, 0) is 0 Å². The van der Waals surface area contributed by atoms with Crippen molar-refractivity contribution in [2.45, 2.75) is 66.0 Å². The Morgan fingerprint density at radius 2 is 1.85 bits per heavy atom. The van der Waals surface area contributed by atoms with E-state index in [0.717, 1.165) is 18.6 Å². The number of benzene rings is 1. The van der Waals surface area contributed by atoms with Gasteiger partial charge in [0.25, 0.3) is 0 Å². The van der Waals surface area contributed by atoms with Gasteiger partial charge in [-0.2, -0.15) is 0 Å². The summed E-state index contributed by atoms with van der Waals surface area (Å²) in [7, 11) is 0. The number of hydrogen-bond donors (Lipinski definition) is 1. The van der Waals surface area contributed by atoms with Gasteiger partial charge in [-0.25, -0.2) is 0 Å². The molecule has 2 rings (SSSR count). The van der Waals surface area contributed by atoms with Crippen LogP contribution in [0, 0.1) is 25.2 Å². The molecule has 0 heterocycles. The molecule has 1 saturated carbocycles. The average molecular weight is 275 g/mol. The van der Waals surface area contributed by atoms with Crippen LogP contribution in [0.4, 0.5) is 0 Å². The summed E-state index contributed by atoms with van der Waals surface area (Å²) >= 11 is 0. The summed E-state index contributed by atoms with van der Waals surface area (Å²) in [5.74, 6) is 1.69. The van der Waals surface area contributed by atoms with E-state index in [4.69, 9.17) is 10.5 Å². The van der Waals surface area contributed by atoms with Gasteiger partial charge < -0.3 is 10.5 Å². The minimum absolute atomic E-state index is 0.147. The molecular formula is C18H29NO. The molecule has 1 fully saturated rings. The number of ether oxygens (including phenoxy) is 1. The van der Waals surface area contributed by atoms with Crippen LogP contribution in [0.2, 0.25) is 0 Å². The molecule has 1 aromatic rings. The third-order valence-corrected chi connectivity index (χ3v) is 4.90. The topological polar surface area (TPSA) is 35.2 Å². The Balaban J connectivity index is 2.12. The van der Waals surface area contributed by atoms with E-state index in [2.05, 4.69) is 52.8 Å². The molecular weight excluding hydrogens is 246 g/mol. The summed E-state index contributed by atoms with van der Waals surface area (Å²) in [6, 6.07) is 6.41. The molecule has 0 radical (unpaired) electrons. The van der Waals surface area contributed by atoms with Crippen LogP contribution in [0.5, 0.6) is 5.75 Å². The molecule has 0 aromatic heterocycles. The SMILES string of the molecule is Cc1cccc(OC2CC(C(C)(C)C)CCC2N)c1C. The van der Waals surface area contributed by atoms with E-state index in [9.17, 15) is 0 Å². The van der Waals surface area contributed by atoms with E-state index in [1.54, 1.807) is 0 Å². The van der Waals surface area contributed by atoms with E-state index in [0.29, 0.717) is 11.3 Å². The summed E-state index contributed by atoms with van der Waals surface area (Å²) < 4.78 is 6.28. The van der Waals surface area contributed by atoms with Crippen molar-refractivity contribution in [3.05, 3.63) is 29.3 Å². The molecule has 0 saturated heterocycles. The molecule has 0 aliphatic heterocycles. The van der Waals surface area contributed by atoms with Crippen LogP contribution < -0.4 is 10.5 Å². The second-order valence-corrected chi connectivity index (χ2v) is 7.39. The van der Waals surface area contributed by atoms with E-state index < -0.39 is 0 Å². The highest BCUT2D eigenvalue weighted by atomic mass is 16.5. The molecule has 1 aromatic carbocycles. The molecule has 0 spiro atoms. The monoisotopic (exact) mass is 275 g/mol. The van der Waals surface area contributed by atoms with Gasteiger partial charge in [-0.15, -0.1) is 0 Å². The Hall–Kier alpha value is -1.02. The molecule has 0 amide bonds. The van der Waals surface area contributed by atoms with Crippen LogP contribution >= 0.6 is 0 Å². The Bertz CT molecular complexity index is 461. The molecule has 0 bridgehead atoms. The average Bonchev–Trinajstić information content (AvgIpc) is 2.36. The van der Waals surface area contributed by atoms with E-state index >= 15 is 0 Å². The third-order valence-electron chi connectivity index (χ3n) is 4.90. The minimum atomic E-state index is 0.147. The molecule has 1 aliphatic carbocycles. The van der Waals surface area contributed by atoms with Crippen molar-refractivity contribution in [2.75, 3.05) is 0 Å². The van der Waals surface area contributed by atoms with Crippen molar-refractivity contribution in [3.8, 4) is 5.75 Å². The Morgan fingerprint density at radius 3 is 2.50 bits per heavy atom. The highest BCUT2D eigenvalue weighted by Gasteiger charge is 2.35. The van der Waals surface area contributed by atoms with Gasteiger partial charge in [-0.1, -0.05) is 32.9 Å². The van der Waals surface area contributed by atoms with Gasteiger partial charge in [0.2, 0.25) is 0 Å². The first kappa shape index (κ1) is 15.4. The predicted octanol–water partition coefficient (Wildman–Crippen LogP) is 4.22. The van der Waals surface area contributed by atoms with Gasteiger partial charge in [0.1, 0.15) is 11.9 Å². The molecule has 1 aliphatic rings. The van der Waals surface area contributed by atoms with Crippen molar-refractivity contribution in [1.29, 1.82) is 0 Å². The number of aryl methyl sites for hydroxylation is 1. The number of nitrogens with two attached hydrogens (primary N) is 1. The Kier molecular flexibility index (Phi) is 4.43. The van der Waals surface area contributed by atoms with Crippen LogP contribution in [0.1, 0.15) is 51.2 Å². The zero-order valence-corrected chi connectivity index (χ0v) is 13.6. The quantitative estimate of drug-likeness (QED) is 0.877. The predicted molar refractivity (Wildman–Crippen MR) is 85.1 cm³/mol. The number of hydrogen-bond acceptors (Lipinski definition) is 2. The van der Waals surface area contributed by atoms with Crippen molar-refractivity contribution in [2.24, 2.45) is 17.1 Å². The van der Waals surface area contributed by atoms with Gasteiger partial charge in [0.05, 0.1) is 0 Å². The van der Waals surface area contributed by atoms with Gasteiger partial charge >= 0.3 is 0 Å². The lowest BCUT2D eigenvalue weighted by molar-refractivity contribution is 0.0587. The fourth-order valence-corrected chi connectivity index (χ4v) is 3.09. The first-order valence-corrected chi connectivity index (χ1v) is 7.77. The van der Waals surface area contributed by atoms with Crippen LogP contribution in [0.15, 0.2) is 18.2 Å². The van der Waals surface area contributed by atoms with Crippen molar-refractivity contribution in [3.63, 3.8) is 0 Å². The van der Waals surface area contributed by atoms with Crippen LogP contribution in [0.25, 0.3) is 0 Å². The first-order valence-electron chi connectivity index (χ1n) is 7.77. The van der Waals surface area contributed by atoms with Crippen molar-refractivity contribution < 1.29 is 4.74 Å². The van der Waals surface area contributed by atoms with E-state index in [1.165, 1.54) is 17.5 Å². The zero-order valence-electron chi connectivity index (χ0n) is 13.6. The fraction of sp³-hybridized carbons (Fsp3) is 0.667. The van der Waals surface area contributed by atoms with Crippen LogP contribution in [-0.4, -0.2) is 12.1 Å². The van der Waals surface area contributed by atoms with Gasteiger partial charge in [-0.3, -0.25) is 0 Å². The molecule has 2 N–H and O–H groups in total. The maximum Gasteiger partial charge on any atom is 0.122 e. The lowest BCUT2D eigenvalue weighted by Crippen LogP contribution is -2.46. The molecule has 20 heavy (non-hydrogen) atoms. The highest BCUT2D eigenvalue weighted by Crippen LogP contribution is 2.39. The smallest absolute Gasteiger partial charge is 0.122 e. The summed E-state index contributed by atoms with van der Waals surface area (Å²) in [6.45, 7) is 11.2. The Labute approximate surface area is 123 Å². The first-order chi connectivity index (χ1) is 9.29. The summed E-state index contributed by atoms with van der Waals surface area (Å²) in [5.41, 5.74) is 9.14. The molecule has 3 atom stereocenters. The second kappa shape index (κ2) is 5.77. The highest BCUT2D eigenvalue weighted by molar-refractivity contribution is 5.38. The van der Waals surface area contributed by atoms with Crippen LogP contribution in [0.3, 0.4) is 0 Å². The second-order valence-electron chi connectivity index (χ2n) is 7.39. The molecule has 2 heteroatoms. The standard InChI is InChI=1S/C18H29NO/c1-12-7-6-8-16(13(12)2)20-17-11-14(18(3,4)5)9-10-15(17)19/h6-8,14-15,17H,9-11,19H2,1-5H3.